The van der Waals surface area contributed by atoms with Crippen LogP contribution in [0.4, 0.5) is 32.0 Å². The molecular weight excluding hydrogens is 777 g/mol. The summed E-state index contributed by atoms with van der Waals surface area (Å²) >= 11 is 17.5. The molecule has 2 aliphatic heterocycles. The highest BCUT2D eigenvalue weighted by atomic mass is 79.9. The lowest BCUT2D eigenvalue weighted by Gasteiger charge is -2.51. The molecule has 0 unspecified atom stereocenters. The van der Waals surface area contributed by atoms with Gasteiger partial charge in [-0.1, -0.05) is 27.6 Å². The quantitative estimate of drug-likeness (QED) is 0.123. The highest BCUT2D eigenvalue weighted by molar-refractivity contribution is 9.09. The molecule has 4 amide bonds. The first-order valence-corrected chi connectivity index (χ1v) is 16.3. The van der Waals surface area contributed by atoms with Gasteiger partial charge in [-0.05, 0) is 37.0 Å². The van der Waals surface area contributed by atoms with Gasteiger partial charge in [-0.2, -0.15) is 26.3 Å². The molecule has 6 atom stereocenters. The van der Waals surface area contributed by atoms with E-state index in [2.05, 4.69) is 15.9 Å². The Balaban J connectivity index is 1.55. The van der Waals surface area contributed by atoms with E-state index in [-0.39, 0.29) is 58.5 Å². The number of alkyl halides is 9. The molecule has 2 heterocycles. The molecule has 0 aromatic heterocycles. The number of imide groups is 2. The Hall–Kier alpha value is -3.50. The number of hydrogen-bond donors (Lipinski definition) is 1. The van der Waals surface area contributed by atoms with E-state index in [1.807, 2.05) is 0 Å². The van der Waals surface area contributed by atoms with E-state index in [1.54, 1.807) is 0 Å². The Morgan fingerprint density at radius 1 is 0.878 bits per heavy atom. The van der Waals surface area contributed by atoms with E-state index in [1.165, 1.54) is 32.4 Å². The van der Waals surface area contributed by atoms with E-state index in [4.69, 9.17) is 32.7 Å². The number of anilines is 1. The van der Waals surface area contributed by atoms with Crippen LogP contribution in [0.15, 0.2) is 42.0 Å². The molecule has 9 nitrogen and oxygen atoms in total. The molecule has 6 rings (SSSR count). The molecule has 2 aromatic rings. The van der Waals surface area contributed by atoms with Crippen molar-refractivity contribution in [2.24, 2.45) is 17.8 Å². The number of rotatable bonds is 5. The van der Waals surface area contributed by atoms with Crippen LogP contribution in [0.3, 0.4) is 0 Å². The predicted molar refractivity (Wildman–Crippen MR) is 163 cm³/mol. The highest BCUT2D eigenvalue weighted by Crippen LogP contribution is 2.67. The van der Waals surface area contributed by atoms with Gasteiger partial charge < -0.3 is 14.6 Å². The van der Waals surface area contributed by atoms with Crippen LogP contribution in [-0.2, 0) is 31.5 Å². The zero-order valence-electron chi connectivity index (χ0n) is 25.1. The Kier molecular flexibility index (Phi) is 8.31. The number of halogens is 9. The lowest BCUT2D eigenvalue weighted by Crippen LogP contribution is -2.60. The first-order valence-electron chi connectivity index (χ1n) is 14.4. The van der Waals surface area contributed by atoms with Crippen molar-refractivity contribution in [3.8, 4) is 17.2 Å². The third-order valence-corrected chi connectivity index (χ3v) is 11.6. The van der Waals surface area contributed by atoms with Crippen molar-refractivity contribution in [2.75, 3.05) is 24.6 Å². The van der Waals surface area contributed by atoms with Crippen molar-refractivity contribution in [1.29, 1.82) is 0 Å². The van der Waals surface area contributed by atoms with Gasteiger partial charge in [0.1, 0.15) is 17.2 Å². The zero-order chi connectivity index (χ0) is 36.2. The topological polar surface area (TPSA) is 113 Å². The molecule has 262 valence electrons. The van der Waals surface area contributed by atoms with E-state index in [0.29, 0.717) is 4.90 Å². The summed E-state index contributed by atoms with van der Waals surface area (Å²) < 4.78 is 93.4. The second-order valence-corrected chi connectivity index (χ2v) is 13.8. The minimum atomic E-state index is -5.26. The number of fused-ring (bicyclic) bond motifs is 4. The molecule has 1 saturated carbocycles. The maximum Gasteiger partial charge on any atom is 0.416 e. The molecule has 4 aliphatic rings. The average Bonchev–Trinajstić information content (AvgIpc) is 3.37. The minimum absolute atomic E-state index is 0.0520. The summed E-state index contributed by atoms with van der Waals surface area (Å²) in [5, 5.41) is 10.4. The number of likely N-dealkylation sites (tertiary alicyclic amines) is 1. The summed E-state index contributed by atoms with van der Waals surface area (Å²) in [5.74, 6) is -9.80. The number of ether oxygens (including phenoxy) is 2. The van der Waals surface area contributed by atoms with Crippen LogP contribution in [0.25, 0.3) is 0 Å². The standard InChI is InChI=1S/C31H23BrCl2F6N2O7/c1-48-19-8-15(43)9-20(49-2)22(19)23-16-3-4-17-21(18(16)10-28(33)26(46)41(11-32)27(47)29(23,28)34)25(45)42(24(17)44)14-6-12(30(35,36)37)5-13(7-14)31(38,39)40/h3,5-9,17-18,21,23,43H,4,10-11H2,1-2H3/t17-,18+,21-,23+,28+,29-/m0/s1. The SMILES string of the molecule is COc1cc(O)cc(OC)c1[C@H]1C2=CC[C@@H]3C(=O)N(c4cc(C(F)(F)F)cc(C(F)(F)F)c4)C(=O)[C@@H]3[C@@H]2C[C@@]2(Cl)C(=O)N(CBr)C(=O)[C@@]12Cl. The Morgan fingerprint density at radius 2 is 1.43 bits per heavy atom. The van der Waals surface area contributed by atoms with Gasteiger partial charge in [0.15, 0.2) is 9.75 Å². The average molecular weight is 800 g/mol. The molecule has 0 spiro atoms. The van der Waals surface area contributed by atoms with Crippen molar-refractivity contribution in [2.45, 2.75) is 40.9 Å². The van der Waals surface area contributed by atoms with Crippen LogP contribution in [-0.4, -0.2) is 63.1 Å². The number of carbonyl (C=O) groups excluding carboxylic acids is 4. The molecule has 2 saturated heterocycles. The third-order valence-electron chi connectivity index (χ3n) is 9.66. The van der Waals surface area contributed by atoms with Crippen LogP contribution < -0.4 is 14.4 Å². The van der Waals surface area contributed by atoms with E-state index >= 15 is 0 Å². The third kappa shape index (κ3) is 4.94. The van der Waals surface area contributed by atoms with Crippen molar-refractivity contribution in [3.05, 3.63) is 58.7 Å². The van der Waals surface area contributed by atoms with Gasteiger partial charge in [0.25, 0.3) is 11.8 Å². The number of amides is 4. The van der Waals surface area contributed by atoms with Crippen molar-refractivity contribution in [1.82, 2.24) is 4.90 Å². The molecule has 1 N–H and O–H groups in total. The Bertz CT molecular complexity index is 1800. The van der Waals surface area contributed by atoms with Crippen molar-refractivity contribution in [3.63, 3.8) is 0 Å². The van der Waals surface area contributed by atoms with Crippen LogP contribution in [0, 0.1) is 17.8 Å². The van der Waals surface area contributed by atoms with Crippen molar-refractivity contribution < 1.29 is 60.1 Å². The second kappa shape index (κ2) is 11.5. The predicted octanol–water partition coefficient (Wildman–Crippen LogP) is 6.36. The van der Waals surface area contributed by atoms with Gasteiger partial charge >= 0.3 is 12.4 Å². The summed E-state index contributed by atoms with van der Waals surface area (Å²) in [6.45, 7) is 0. The van der Waals surface area contributed by atoms with Gasteiger partial charge in [0.05, 0.1) is 48.3 Å². The molecule has 49 heavy (non-hydrogen) atoms. The lowest BCUT2D eigenvalue weighted by atomic mass is 9.56. The lowest BCUT2D eigenvalue weighted by molar-refractivity contribution is -0.143. The number of carbonyl (C=O) groups is 4. The summed E-state index contributed by atoms with van der Waals surface area (Å²) in [5.41, 5.74) is -4.44. The summed E-state index contributed by atoms with van der Waals surface area (Å²) in [4.78, 5) is 52.3. The normalized spacial score (nSPS) is 29.9. The van der Waals surface area contributed by atoms with Crippen LogP contribution in [0.5, 0.6) is 17.2 Å². The number of allylic oxidation sites excluding steroid dienone is 2. The fourth-order valence-corrected chi connectivity index (χ4v) is 9.01. The van der Waals surface area contributed by atoms with Gasteiger partial charge in [-0.15, -0.1) is 23.2 Å². The number of benzene rings is 2. The van der Waals surface area contributed by atoms with Gasteiger partial charge in [0.2, 0.25) is 11.8 Å². The molecule has 3 fully saturated rings. The summed E-state index contributed by atoms with van der Waals surface area (Å²) in [7, 11) is 2.48. The summed E-state index contributed by atoms with van der Waals surface area (Å²) in [6.07, 6.45) is -9.77. The minimum Gasteiger partial charge on any atom is -0.508 e. The second-order valence-electron chi connectivity index (χ2n) is 12.0. The molecule has 2 aromatic carbocycles. The zero-order valence-corrected chi connectivity index (χ0v) is 28.2. The molecule has 18 heteroatoms. The Labute approximate surface area is 291 Å². The number of phenols is 1. The number of hydrogen-bond acceptors (Lipinski definition) is 7. The van der Waals surface area contributed by atoms with Crippen LogP contribution in [0.2, 0.25) is 0 Å². The van der Waals surface area contributed by atoms with E-state index in [0.717, 1.165) is 4.90 Å². The van der Waals surface area contributed by atoms with Gasteiger partial charge in [-0.3, -0.25) is 24.1 Å². The smallest absolute Gasteiger partial charge is 0.416 e. The van der Waals surface area contributed by atoms with Crippen molar-refractivity contribution >= 4 is 68.4 Å². The fourth-order valence-electron chi connectivity index (χ4n) is 7.60. The van der Waals surface area contributed by atoms with E-state index < -0.39 is 92.6 Å². The number of nitrogens with zero attached hydrogens (tertiary/aromatic N) is 2. The molecular formula is C31H23BrCl2F6N2O7. The maximum atomic E-state index is 14.2. The van der Waals surface area contributed by atoms with Crippen LogP contribution >= 0.6 is 39.1 Å². The first kappa shape index (κ1) is 35.3. The molecule has 0 bridgehead atoms. The number of aromatic hydroxyl groups is 1. The molecule has 2 aliphatic carbocycles. The number of methoxy groups -OCH3 is 2. The van der Waals surface area contributed by atoms with Gasteiger partial charge in [-0.25, -0.2) is 4.90 Å². The van der Waals surface area contributed by atoms with E-state index in [9.17, 15) is 50.6 Å². The highest BCUT2D eigenvalue weighted by Gasteiger charge is 2.77. The summed E-state index contributed by atoms with van der Waals surface area (Å²) in [6, 6.07) is 2.82. The fraction of sp³-hybridized carbons (Fsp3) is 0.419. The Morgan fingerprint density at radius 3 is 1.92 bits per heavy atom. The largest absolute Gasteiger partial charge is 0.508 e. The molecule has 0 radical (unpaired) electrons. The van der Waals surface area contributed by atoms with Gasteiger partial charge in [0, 0.05) is 23.6 Å². The monoisotopic (exact) mass is 798 g/mol. The number of phenolic OH excluding ortho intramolecular Hbond substituents is 1. The van der Waals surface area contributed by atoms with Crippen LogP contribution in [0.1, 0.15) is 35.4 Å². The first-order chi connectivity index (χ1) is 22.8. The maximum absolute atomic E-state index is 14.2.